The van der Waals surface area contributed by atoms with Crippen LogP contribution in [-0.4, -0.2) is 30.3 Å². The van der Waals surface area contributed by atoms with E-state index in [1.807, 2.05) is 54.6 Å². The molecule has 2 atom stereocenters. The summed E-state index contributed by atoms with van der Waals surface area (Å²) in [6, 6.07) is 40.8. The number of fused-ring (bicyclic) bond motifs is 1. The molecular formula is C47H40FN3O5S2. The van der Waals surface area contributed by atoms with Crippen LogP contribution in [-0.2, 0) is 27.2 Å². The first kappa shape index (κ1) is 39.9. The third kappa shape index (κ3) is 9.79. The minimum absolute atomic E-state index is 0.0498. The first-order valence-electron chi connectivity index (χ1n) is 18.9. The molecule has 1 aromatic heterocycles. The zero-order valence-corrected chi connectivity index (χ0v) is 33.2. The smallest absolute Gasteiger partial charge is 0.341 e. The number of amides is 3. The van der Waals surface area contributed by atoms with E-state index in [1.54, 1.807) is 55.5 Å². The van der Waals surface area contributed by atoms with E-state index in [4.69, 9.17) is 4.74 Å². The maximum Gasteiger partial charge on any atom is 0.341 e. The second kappa shape index (κ2) is 18.8. The van der Waals surface area contributed by atoms with E-state index in [0.29, 0.717) is 44.6 Å². The molecule has 1 heterocycles. The third-order valence-corrected chi connectivity index (χ3v) is 12.1. The van der Waals surface area contributed by atoms with Gasteiger partial charge in [0.1, 0.15) is 21.8 Å². The van der Waals surface area contributed by atoms with Crippen LogP contribution in [0.15, 0.2) is 150 Å². The summed E-state index contributed by atoms with van der Waals surface area (Å²) in [4.78, 5) is 56.5. The molecule has 6 aromatic rings. The lowest BCUT2D eigenvalue weighted by Crippen LogP contribution is -2.30. The van der Waals surface area contributed by atoms with Gasteiger partial charge in [0.2, 0.25) is 5.91 Å². The fraction of sp³-hybridized carbons (Fsp3) is 0.149. The number of rotatable bonds is 13. The highest BCUT2D eigenvalue weighted by atomic mass is 32.2. The van der Waals surface area contributed by atoms with Gasteiger partial charge in [0.25, 0.3) is 11.8 Å². The van der Waals surface area contributed by atoms with Crippen LogP contribution in [0.5, 0.6) is 0 Å². The van der Waals surface area contributed by atoms with Crippen molar-refractivity contribution in [3.8, 4) is 0 Å². The molecule has 3 N–H and O–H groups in total. The van der Waals surface area contributed by atoms with Gasteiger partial charge in [-0.25, -0.2) is 9.18 Å². The van der Waals surface area contributed by atoms with E-state index in [-0.39, 0.29) is 18.2 Å². The van der Waals surface area contributed by atoms with Gasteiger partial charge in [0, 0.05) is 21.0 Å². The minimum atomic E-state index is -0.738. The Morgan fingerprint density at radius 3 is 2.24 bits per heavy atom. The van der Waals surface area contributed by atoms with Gasteiger partial charge in [-0.3, -0.25) is 14.4 Å². The third-order valence-electron chi connectivity index (χ3n) is 9.65. The Bertz CT molecular complexity index is 2440. The first-order valence-corrected chi connectivity index (χ1v) is 20.6. The minimum Gasteiger partial charge on any atom is -0.462 e. The molecule has 292 valence electrons. The van der Waals surface area contributed by atoms with Gasteiger partial charge in [-0.1, -0.05) is 97.1 Å². The van der Waals surface area contributed by atoms with Crippen molar-refractivity contribution in [2.45, 2.75) is 42.2 Å². The number of carbonyl (C=O) groups is 4. The first-order chi connectivity index (χ1) is 28.2. The average Bonchev–Trinajstić information content (AvgIpc) is 3.61. The van der Waals surface area contributed by atoms with Crippen molar-refractivity contribution >= 4 is 63.6 Å². The second-order valence-corrected chi connectivity index (χ2v) is 15.9. The predicted octanol–water partition coefficient (Wildman–Crippen LogP) is 10.2. The molecule has 58 heavy (non-hydrogen) atoms. The number of hydrogen-bond acceptors (Lipinski definition) is 7. The van der Waals surface area contributed by atoms with Crippen LogP contribution in [0.2, 0.25) is 0 Å². The van der Waals surface area contributed by atoms with E-state index in [1.165, 1.54) is 59.0 Å². The lowest BCUT2D eigenvalue weighted by Gasteiger charge is -2.23. The van der Waals surface area contributed by atoms with Crippen molar-refractivity contribution in [1.29, 1.82) is 0 Å². The summed E-state index contributed by atoms with van der Waals surface area (Å²) in [7, 11) is 0. The normalized spacial score (nSPS) is 14.1. The van der Waals surface area contributed by atoms with Crippen molar-refractivity contribution in [2.75, 3.05) is 17.2 Å². The van der Waals surface area contributed by atoms with Gasteiger partial charge in [0.15, 0.2) is 0 Å². The van der Waals surface area contributed by atoms with E-state index in [2.05, 4.69) is 28.1 Å². The molecule has 1 aliphatic rings. The number of thiophene rings is 1. The quantitative estimate of drug-likeness (QED) is 0.0608. The van der Waals surface area contributed by atoms with Crippen LogP contribution in [0.25, 0.3) is 6.08 Å². The highest BCUT2D eigenvalue weighted by Crippen LogP contribution is 2.44. The summed E-state index contributed by atoms with van der Waals surface area (Å²) in [5.74, 6) is -1.98. The van der Waals surface area contributed by atoms with Crippen LogP contribution >= 0.6 is 23.1 Å². The van der Waals surface area contributed by atoms with Gasteiger partial charge in [0.05, 0.1) is 12.2 Å². The predicted molar refractivity (Wildman–Crippen MR) is 229 cm³/mol. The topological polar surface area (TPSA) is 114 Å². The standard InChI is InChI=1S/C47H40FN3O5S2/c1-2-56-47(55)41-38-26-23-34(31-13-6-3-7-14-31)28-40(38)58-46(41)51-45(54)42(32-15-8-4-9-16-32)57-37-20-12-19-36(29-37)49-44(53)39(27-30-21-24-35(48)25-22-30)50-43(52)33-17-10-5-11-18-33/h3-22,24-25,27,29,34,42H,2,23,26,28H2,1H3,(H,49,53)(H,50,52)(H,51,54)/b39-27-. The van der Waals surface area contributed by atoms with Crippen molar-refractivity contribution in [2.24, 2.45) is 0 Å². The molecule has 1 aliphatic carbocycles. The summed E-state index contributed by atoms with van der Waals surface area (Å²) >= 11 is 2.73. The summed E-state index contributed by atoms with van der Waals surface area (Å²) in [5, 5.41) is 8.42. The zero-order valence-electron chi connectivity index (χ0n) is 31.6. The Hall–Kier alpha value is -6.30. The molecule has 5 aromatic carbocycles. The highest BCUT2D eigenvalue weighted by molar-refractivity contribution is 8.00. The molecule has 8 nitrogen and oxygen atoms in total. The van der Waals surface area contributed by atoms with Crippen LogP contribution in [0, 0.1) is 5.82 Å². The largest absolute Gasteiger partial charge is 0.462 e. The van der Waals surface area contributed by atoms with Crippen LogP contribution in [0.3, 0.4) is 0 Å². The molecule has 0 aliphatic heterocycles. The number of halogens is 1. The number of thioether (sulfide) groups is 1. The number of hydrogen-bond donors (Lipinski definition) is 3. The summed E-state index contributed by atoms with van der Waals surface area (Å²) < 4.78 is 19.2. The maximum absolute atomic E-state index is 14.4. The number of anilines is 2. The fourth-order valence-corrected chi connectivity index (χ4v) is 9.23. The van der Waals surface area contributed by atoms with Crippen molar-refractivity contribution in [1.82, 2.24) is 5.32 Å². The molecule has 3 amide bonds. The molecule has 2 unspecified atom stereocenters. The molecule has 0 saturated carbocycles. The number of ether oxygens (including phenoxy) is 1. The molecule has 0 saturated heterocycles. The summed E-state index contributed by atoms with van der Waals surface area (Å²) in [6.45, 7) is 1.98. The molecular weight excluding hydrogens is 770 g/mol. The Kier molecular flexibility index (Phi) is 12.9. The SMILES string of the molecule is CCOC(=O)c1c(NC(=O)C(Sc2cccc(NC(=O)/C(=C/c3ccc(F)cc3)NC(=O)c3ccccc3)c2)c2ccccc2)sc2c1CCC(c1ccccc1)C2. The number of nitrogens with one attached hydrogen (secondary N) is 3. The zero-order chi connectivity index (χ0) is 40.4. The van der Waals surface area contributed by atoms with Crippen LogP contribution < -0.4 is 16.0 Å². The molecule has 7 rings (SSSR count). The highest BCUT2D eigenvalue weighted by Gasteiger charge is 2.32. The lowest BCUT2D eigenvalue weighted by atomic mass is 9.83. The summed E-state index contributed by atoms with van der Waals surface area (Å²) in [5.41, 5.74) is 4.60. The number of carbonyl (C=O) groups excluding carboxylic acids is 4. The molecule has 0 bridgehead atoms. The molecule has 11 heteroatoms. The van der Waals surface area contributed by atoms with Gasteiger partial charge in [-0.15, -0.1) is 23.1 Å². The van der Waals surface area contributed by atoms with Gasteiger partial charge in [-0.2, -0.15) is 0 Å². The van der Waals surface area contributed by atoms with Gasteiger partial charge >= 0.3 is 5.97 Å². The number of benzene rings is 5. The van der Waals surface area contributed by atoms with E-state index in [9.17, 15) is 23.6 Å². The Balaban J connectivity index is 1.13. The molecule has 0 spiro atoms. The number of esters is 1. The Morgan fingerprint density at radius 2 is 1.53 bits per heavy atom. The Labute approximate surface area is 344 Å². The monoisotopic (exact) mass is 809 g/mol. The van der Waals surface area contributed by atoms with Crippen LogP contribution in [0.1, 0.15) is 72.4 Å². The molecule has 0 radical (unpaired) electrons. The van der Waals surface area contributed by atoms with E-state index >= 15 is 0 Å². The van der Waals surface area contributed by atoms with Crippen molar-refractivity contribution < 1.29 is 28.3 Å². The maximum atomic E-state index is 14.4. The summed E-state index contributed by atoms with van der Waals surface area (Å²) in [6.07, 6.45) is 3.81. The van der Waals surface area contributed by atoms with Crippen molar-refractivity contribution in [3.05, 3.63) is 189 Å². The van der Waals surface area contributed by atoms with Crippen LogP contribution in [0.4, 0.5) is 15.1 Å². The van der Waals surface area contributed by atoms with E-state index in [0.717, 1.165) is 28.8 Å². The van der Waals surface area contributed by atoms with Gasteiger partial charge in [-0.05, 0) is 103 Å². The Morgan fingerprint density at radius 1 is 0.845 bits per heavy atom. The molecule has 0 fully saturated rings. The van der Waals surface area contributed by atoms with E-state index < -0.39 is 28.9 Å². The second-order valence-electron chi connectivity index (χ2n) is 13.6. The average molecular weight is 810 g/mol. The van der Waals surface area contributed by atoms with Crippen molar-refractivity contribution in [3.63, 3.8) is 0 Å². The van der Waals surface area contributed by atoms with Gasteiger partial charge < -0.3 is 20.7 Å². The lowest BCUT2D eigenvalue weighted by molar-refractivity contribution is -0.116. The fourth-order valence-electron chi connectivity index (χ4n) is 6.83.